The van der Waals surface area contributed by atoms with Gasteiger partial charge < -0.3 is 14.5 Å². The van der Waals surface area contributed by atoms with E-state index in [1.165, 1.54) is 42.5 Å². The summed E-state index contributed by atoms with van der Waals surface area (Å²) < 4.78 is 46.2. The van der Waals surface area contributed by atoms with Gasteiger partial charge >= 0.3 is 0 Å². The van der Waals surface area contributed by atoms with Crippen LogP contribution in [0.15, 0.2) is 84.0 Å². The summed E-state index contributed by atoms with van der Waals surface area (Å²) in [6, 6.07) is 19.3. The van der Waals surface area contributed by atoms with Gasteiger partial charge in [0.05, 0.1) is 23.3 Å². The Morgan fingerprint density at radius 1 is 0.919 bits per heavy atom. The zero-order chi connectivity index (χ0) is 26.0. The van der Waals surface area contributed by atoms with E-state index >= 15 is 0 Å². The number of rotatable bonds is 6. The molecule has 0 spiro atoms. The highest BCUT2D eigenvalue weighted by Gasteiger charge is 2.25. The summed E-state index contributed by atoms with van der Waals surface area (Å²) in [5, 5.41) is 3.95. The molecular weight excluding hydrogens is 497 g/mol. The lowest BCUT2D eigenvalue weighted by Crippen LogP contribution is -2.48. The summed E-state index contributed by atoms with van der Waals surface area (Å²) in [5.41, 5.74) is 1.47. The maximum Gasteiger partial charge on any atom is 0.284 e. The summed E-state index contributed by atoms with van der Waals surface area (Å²) in [5.74, 6) is 0.0173. The van der Waals surface area contributed by atoms with E-state index in [-0.39, 0.29) is 22.2 Å². The molecule has 0 unspecified atom stereocenters. The Labute approximate surface area is 213 Å². The number of amides is 1. The third-order valence-electron chi connectivity index (χ3n) is 6.22. The van der Waals surface area contributed by atoms with Crippen molar-refractivity contribution in [2.45, 2.75) is 4.90 Å². The third-order valence-corrected chi connectivity index (χ3v) is 7.76. The predicted octanol–water partition coefficient (Wildman–Crippen LogP) is 3.29. The van der Waals surface area contributed by atoms with Crippen LogP contribution in [0.1, 0.15) is 10.4 Å². The Hall–Kier alpha value is -4.25. The van der Waals surface area contributed by atoms with E-state index in [2.05, 4.69) is 15.0 Å². The van der Waals surface area contributed by atoms with E-state index in [0.29, 0.717) is 35.8 Å². The number of hydrogen-bond donors (Lipinski definition) is 0. The first kappa shape index (κ1) is 24.4. The number of aromatic nitrogens is 3. The molecule has 1 aromatic heterocycles. The maximum absolute atomic E-state index is 14.0. The van der Waals surface area contributed by atoms with Crippen molar-refractivity contribution in [3.05, 3.63) is 90.5 Å². The molecule has 4 aromatic rings. The van der Waals surface area contributed by atoms with Gasteiger partial charge in [-0.3, -0.25) is 4.79 Å². The quantitative estimate of drug-likeness (QED) is 0.384. The highest BCUT2D eigenvalue weighted by atomic mass is 32.2. The summed E-state index contributed by atoms with van der Waals surface area (Å²) in [6.07, 6.45) is 1.03. The van der Waals surface area contributed by atoms with Crippen molar-refractivity contribution in [1.82, 2.24) is 19.1 Å². The first-order chi connectivity index (χ1) is 17.9. The lowest BCUT2D eigenvalue weighted by atomic mass is 10.1. The van der Waals surface area contributed by atoms with Crippen molar-refractivity contribution < 1.29 is 22.3 Å². The summed E-state index contributed by atoms with van der Waals surface area (Å²) in [7, 11) is -2.44. The minimum atomic E-state index is -4.07. The average Bonchev–Trinajstić information content (AvgIpc) is 3.44. The number of carbonyl (C=O) groups is 1. The molecule has 1 aliphatic heterocycles. The minimum Gasteiger partial charge on any atom is -0.495 e. The van der Waals surface area contributed by atoms with Crippen molar-refractivity contribution in [2.75, 3.05) is 38.2 Å². The first-order valence-corrected chi connectivity index (χ1v) is 13.0. The van der Waals surface area contributed by atoms with Crippen LogP contribution in [-0.2, 0) is 10.0 Å². The van der Waals surface area contributed by atoms with Crippen molar-refractivity contribution in [3.8, 4) is 17.1 Å². The SMILES string of the molecule is COc1ccccc1N1CCN(C(=O)c2ccc(S(=O)(=O)n3cnc(-c4ccccc4F)n3)cc2)CC1. The fraction of sp³-hybridized carbons (Fsp3) is 0.192. The lowest BCUT2D eigenvalue weighted by Gasteiger charge is -2.36. The molecule has 0 bridgehead atoms. The fourth-order valence-electron chi connectivity index (χ4n) is 4.23. The molecule has 1 amide bonds. The number of benzene rings is 3. The number of para-hydroxylation sites is 2. The fourth-order valence-corrected chi connectivity index (χ4v) is 5.28. The van der Waals surface area contributed by atoms with Crippen LogP contribution in [0.2, 0.25) is 0 Å². The highest BCUT2D eigenvalue weighted by Crippen LogP contribution is 2.28. The van der Waals surface area contributed by atoms with Crippen molar-refractivity contribution >= 4 is 21.6 Å². The number of methoxy groups -OCH3 is 1. The molecule has 11 heteroatoms. The monoisotopic (exact) mass is 521 g/mol. The van der Waals surface area contributed by atoms with Crippen LogP contribution in [0, 0.1) is 5.82 Å². The number of anilines is 1. The summed E-state index contributed by atoms with van der Waals surface area (Å²) in [6.45, 7) is 2.34. The molecule has 0 radical (unpaired) electrons. The molecule has 190 valence electrons. The van der Waals surface area contributed by atoms with Crippen LogP contribution >= 0.6 is 0 Å². The van der Waals surface area contributed by atoms with Crippen LogP contribution in [0.4, 0.5) is 10.1 Å². The Kier molecular flexibility index (Phi) is 6.62. The number of carbonyl (C=O) groups excluding carboxylic acids is 1. The first-order valence-electron chi connectivity index (χ1n) is 11.6. The van der Waals surface area contributed by atoms with E-state index in [0.717, 1.165) is 17.8 Å². The number of piperazine rings is 1. The zero-order valence-corrected chi connectivity index (χ0v) is 20.8. The molecule has 2 heterocycles. The van der Waals surface area contributed by atoms with E-state index in [1.54, 1.807) is 18.1 Å². The van der Waals surface area contributed by atoms with Crippen LogP contribution in [0.3, 0.4) is 0 Å². The van der Waals surface area contributed by atoms with Crippen LogP contribution in [-0.4, -0.2) is 66.7 Å². The summed E-state index contributed by atoms with van der Waals surface area (Å²) in [4.78, 5) is 20.9. The molecule has 9 nitrogen and oxygen atoms in total. The Morgan fingerprint density at radius 3 is 2.30 bits per heavy atom. The second-order valence-electron chi connectivity index (χ2n) is 8.40. The molecule has 1 aliphatic rings. The van der Waals surface area contributed by atoms with Gasteiger partial charge in [-0.15, -0.1) is 9.19 Å². The second kappa shape index (κ2) is 10.0. The van der Waals surface area contributed by atoms with Gasteiger partial charge in [-0.1, -0.05) is 24.3 Å². The van der Waals surface area contributed by atoms with E-state index in [1.807, 2.05) is 24.3 Å². The normalized spacial score (nSPS) is 14.0. The molecular formula is C26H24FN5O4S. The van der Waals surface area contributed by atoms with Gasteiger partial charge in [0, 0.05) is 31.7 Å². The number of halogens is 1. The van der Waals surface area contributed by atoms with Crippen LogP contribution < -0.4 is 9.64 Å². The molecule has 3 aromatic carbocycles. The predicted molar refractivity (Wildman–Crippen MR) is 136 cm³/mol. The molecule has 0 aliphatic carbocycles. The van der Waals surface area contributed by atoms with Crippen molar-refractivity contribution in [2.24, 2.45) is 0 Å². The third kappa shape index (κ3) is 4.77. The number of hydrogen-bond acceptors (Lipinski definition) is 7. The second-order valence-corrected chi connectivity index (χ2v) is 10.2. The Morgan fingerprint density at radius 2 is 1.59 bits per heavy atom. The molecule has 5 rings (SSSR count). The van der Waals surface area contributed by atoms with Crippen LogP contribution in [0.25, 0.3) is 11.4 Å². The minimum absolute atomic E-state index is 0.0410. The van der Waals surface area contributed by atoms with E-state index in [9.17, 15) is 17.6 Å². The Balaban J connectivity index is 1.27. The average molecular weight is 522 g/mol. The maximum atomic E-state index is 14.0. The van der Waals surface area contributed by atoms with E-state index in [4.69, 9.17) is 4.74 Å². The van der Waals surface area contributed by atoms with Gasteiger partial charge in [0.15, 0.2) is 5.82 Å². The van der Waals surface area contributed by atoms with E-state index < -0.39 is 15.8 Å². The molecule has 0 saturated carbocycles. The molecule has 0 atom stereocenters. The van der Waals surface area contributed by atoms with Gasteiger partial charge in [-0.25, -0.2) is 9.37 Å². The van der Waals surface area contributed by atoms with Gasteiger partial charge in [0.2, 0.25) is 0 Å². The molecule has 0 N–H and O–H groups in total. The standard InChI is InChI=1S/C26H24FN5O4S/c1-36-24-9-5-4-8-23(24)30-14-16-31(17-15-30)26(33)19-10-12-20(13-11-19)37(34,35)32-18-28-25(29-32)21-6-2-3-7-22(21)27/h2-13,18H,14-17H2,1H3. The van der Waals surface area contributed by atoms with Crippen LogP contribution in [0.5, 0.6) is 5.75 Å². The largest absolute Gasteiger partial charge is 0.495 e. The van der Waals surface area contributed by atoms with Gasteiger partial charge in [0.1, 0.15) is 17.9 Å². The highest BCUT2D eigenvalue weighted by molar-refractivity contribution is 7.89. The van der Waals surface area contributed by atoms with Crippen molar-refractivity contribution in [3.63, 3.8) is 0 Å². The smallest absolute Gasteiger partial charge is 0.284 e. The number of ether oxygens (including phenoxy) is 1. The number of nitrogens with zero attached hydrogens (tertiary/aromatic N) is 5. The van der Waals surface area contributed by atoms with Gasteiger partial charge in [-0.2, -0.15) is 8.42 Å². The van der Waals surface area contributed by atoms with Gasteiger partial charge in [-0.05, 0) is 48.5 Å². The zero-order valence-electron chi connectivity index (χ0n) is 20.0. The molecule has 1 fully saturated rings. The summed E-state index contributed by atoms with van der Waals surface area (Å²) >= 11 is 0. The lowest BCUT2D eigenvalue weighted by molar-refractivity contribution is 0.0746. The van der Waals surface area contributed by atoms with Crippen molar-refractivity contribution in [1.29, 1.82) is 0 Å². The molecule has 1 saturated heterocycles. The Bertz CT molecular complexity index is 1530. The van der Waals surface area contributed by atoms with Gasteiger partial charge in [0.25, 0.3) is 15.9 Å². The molecule has 37 heavy (non-hydrogen) atoms. The topological polar surface area (TPSA) is 97.6 Å².